The summed E-state index contributed by atoms with van der Waals surface area (Å²) >= 11 is 0. The van der Waals surface area contributed by atoms with Gasteiger partial charge in [-0.3, -0.25) is 0 Å². The van der Waals surface area contributed by atoms with Crippen LogP contribution in [-0.2, 0) is 4.74 Å². The Hall–Kier alpha value is -1.23. The zero-order chi connectivity index (χ0) is 12.1. The highest BCUT2D eigenvalue weighted by atomic mass is 19.1. The van der Waals surface area contributed by atoms with Gasteiger partial charge >= 0.3 is 0 Å². The molecule has 0 heterocycles. The highest BCUT2D eigenvalue weighted by molar-refractivity contribution is 5.47. The number of ether oxygens (including phenoxy) is 1. The van der Waals surface area contributed by atoms with Gasteiger partial charge in [-0.15, -0.1) is 0 Å². The van der Waals surface area contributed by atoms with E-state index in [4.69, 9.17) is 4.74 Å². The highest BCUT2D eigenvalue weighted by Gasteiger charge is 2.13. The second-order valence-electron chi connectivity index (χ2n) is 3.45. The molecule has 1 N–H and O–H groups in total. The minimum absolute atomic E-state index is 0.255. The van der Waals surface area contributed by atoms with Gasteiger partial charge in [0.05, 0.1) is 6.61 Å². The van der Waals surface area contributed by atoms with E-state index in [0.717, 1.165) is 0 Å². The van der Waals surface area contributed by atoms with Crippen molar-refractivity contribution in [3.05, 3.63) is 29.6 Å². The minimum Gasteiger partial charge on any atom is -0.380 e. The monoisotopic (exact) mass is 233 g/mol. The molecule has 0 aliphatic carbocycles. The summed E-state index contributed by atoms with van der Waals surface area (Å²) in [6, 6.07) is 1.02. The van der Waals surface area contributed by atoms with Crippen LogP contribution >= 0.6 is 0 Å². The lowest BCUT2D eigenvalue weighted by atomic mass is 10.2. The molecule has 2 nitrogen and oxygen atoms in total. The predicted octanol–water partition coefficient (Wildman–Crippen LogP) is 2.94. The van der Waals surface area contributed by atoms with E-state index in [1.54, 1.807) is 6.92 Å². The van der Waals surface area contributed by atoms with Gasteiger partial charge in [0.25, 0.3) is 0 Å². The van der Waals surface area contributed by atoms with Crippen molar-refractivity contribution in [3.8, 4) is 0 Å². The van der Waals surface area contributed by atoms with Crippen LogP contribution in [0.15, 0.2) is 12.1 Å². The molecule has 0 saturated heterocycles. The Kier molecular flexibility index (Phi) is 4.61. The number of benzene rings is 1. The second kappa shape index (κ2) is 5.75. The van der Waals surface area contributed by atoms with Gasteiger partial charge in [-0.05, 0) is 13.8 Å². The number of hydrogen-bond donors (Lipinski definition) is 1. The summed E-state index contributed by atoms with van der Waals surface area (Å²) in [6.45, 7) is 4.40. The summed E-state index contributed by atoms with van der Waals surface area (Å²) in [5.41, 5.74) is -0.325. The molecule has 1 unspecified atom stereocenters. The Morgan fingerprint density at radius 1 is 1.25 bits per heavy atom. The molecule has 0 saturated carbocycles. The third kappa shape index (κ3) is 3.41. The highest BCUT2D eigenvalue weighted by Crippen LogP contribution is 2.20. The van der Waals surface area contributed by atoms with Gasteiger partial charge in [-0.1, -0.05) is 0 Å². The molecule has 0 aromatic heterocycles. The lowest BCUT2D eigenvalue weighted by Gasteiger charge is -2.16. The van der Waals surface area contributed by atoms with E-state index in [1.165, 1.54) is 0 Å². The Labute approximate surface area is 92.4 Å². The van der Waals surface area contributed by atoms with Gasteiger partial charge in [-0.2, -0.15) is 0 Å². The van der Waals surface area contributed by atoms with Crippen molar-refractivity contribution in [1.82, 2.24) is 0 Å². The van der Waals surface area contributed by atoms with Crippen LogP contribution in [-0.4, -0.2) is 19.3 Å². The third-order valence-corrected chi connectivity index (χ3v) is 1.97. The quantitative estimate of drug-likeness (QED) is 0.844. The number of halogens is 3. The molecule has 1 aromatic rings. The first-order valence-electron chi connectivity index (χ1n) is 5.03. The molecule has 0 aliphatic rings. The summed E-state index contributed by atoms with van der Waals surface area (Å²) in [6.07, 6.45) is 0. The molecule has 16 heavy (non-hydrogen) atoms. The Balaban J connectivity index is 2.73. The molecule has 1 atom stereocenters. The largest absolute Gasteiger partial charge is 0.380 e. The van der Waals surface area contributed by atoms with Gasteiger partial charge in [0.15, 0.2) is 11.6 Å². The van der Waals surface area contributed by atoms with E-state index in [0.29, 0.717) is 25.3 Å². The van der Waals surface area contributed by atoms with E-state index >= 15 is 0 Å². The van der Waals surface area contributed by atoms with Gasteiger partial charge < -0.3 is 10.1 Å². The molecule has 1 aromatic carbocycles. The fourth-order valence-electron chi connectivity index (χ4n) is 1.26. The van der Waals surface area contributed by atoms with Crippen LogP contribution in [0.25, 0.3) is 0 Å². The summed E-state index contributed by atoms with van der Waals surface area (Å²) in [5, 5.41) is 2.60. The van der Waals surface area contributed by atoms with Crippen LogP contribution in [0.3, 0.4) is 0 Å². The van der Waals surface area contributed by atoms with Crippen molar-refractivity contribution in [2.75, 3.05) is 18.5 Å². The van der Waals surface area contributed by atoms with Crippen molar-refractivity contribution >= 4 is 5.69 Å². The average Bonchev–Trinajstić information content (AvgIpc) is 2.20. The van der Waals surface area contributed by atoms with Crippen LogP contribution in [0, 0.1) is 17.5 Å². The Morgan fingerprint density at radius 2 is 1.81 bits per heavy atom. The zero-order valence-electron chi connectivity index (χ0n) is 9.19. The van der Waals surface area contributed by atoms with E-state index in [-0.39, 0.29) is 11.7 Å². The second-order valence-corrected chi connectivity index (χ2v) is 3.45. The van der Waals surface area contributed by atoms with E-state index in [9.17, 15) is 13.2 Å². The van der Waals surface area contributed by atoms with Crippen molar-refractivity contribution < 1.29 is 17.9 Å². The Bertz CT molecular complexity index is 334. The molecule has 0 spiro atoms. The molecule has 0 radical (unpaired) electrons. The van der Waals surface area contributed by atoms with Crippen molar-refractivity contribution in [3.63, 3.8) is 0 Å². The first kappa shape index (κ1) is 12.8. The van der Waals surface area contributed by atoms with E-state index in [2.05, 4.69) is 5.32 Å². The first-order valence-corrected chi connectivity index (χ1v) is 5.03. The lowest BCUT2D eigenvalue weighted by molar-refractivity contribution is 0.141. The van der Waals surface area contributed by atoms with Crippen LogP contribution in [0.2, 0.25) is 0 Å². The van der Waals surface area contributed by atoms with Gasteiger partial charge in [-0.25, -0.2) is 13.2 Å². The number of rotatable bonds is 5. The minimum atomic E-state index is -0.944. The standard InChI is InChI=1S/C11H14F3NO/c1-3-16-6-7(2)15-11-9(13)4-8(12)5-10(11)14/h4-5,7,15H,3,6H2,1-2H3. The summed E-state index contributed by atoms with van der Waals surface area (Å²) in [7, 11) is 0. The van der Waals surface area contributed by atoms with Crippen LogP contribution in [0.5, 0.6) is 0 Å². The molecule has 0 amide bonds. The maximum Gasteiger partial charge on any atom is 0.152 e. The Morgan fingerprint density at radius 3 is 2.31 bits per heavy atom. The summed E-state index contributed by atoms with van der Waals surface area (Å²) < 4.78 is 44.1. The van der Waals surface area contributed by atoms with E-state index in [1.807, 2.05) is 6.92 Å². The molecule has 1 rings (SSSR count). The smallest absolute Gasteiger partial charge is 0.152 e. The van der Waals surface area contributed by atoms with Crippen LogP contribution < -0.4 is 5.32 Å². The average molecular weight is 233 g/mol. The first-order chi connectivity index (χ1) is 7.54. The normalized spacial score (nSPS) is 12.6. The van der Waals surface area contributed by atoms with Crippen molar-refractivity contribution in [2.45, 2.75) is 19.9 Å². The van der Waals surface area contributed by atoms with Gasteiger partial charge in [0, 0.05) is 24.8 Å². The molecule has 0 fully saturated rings. The molecule has 90 valence electrons. The molecular weight excluding hydrogens is 219 g/mol. The van der Waals surface area contributed by atoms with Crippen molar-refractivity contribution in [2.24, 2.45) is 0 Å². The topological polar surface area (TPSA) is 21.3 Å². The summed E-state index contributed by atoms with van der Waals surface area (Å²) in [5.74, 6) is -2.82. The van der Waals surface area contributed by atoms with Crippen molar-refractivity contribution in [1.29, 1.82) is 0 Å². The fourth-order valence-corrected chi connectivity index (χ4v) is 1.26. The number of hydrogen-bond acceptors (Lipinski definition) is 2. The molecule has 0 bridgehead atoms. The number of nitrogens with one attached hydrogen (secondary N) is 1. The van der Waals surface area contributed by atoms with Gasteiger partial charge in [0.1, 0.15) is 11.5 Å². The summed E-state index contributed by atoms with van der Waals surface area (Å²) in [4.78, 5) is 0. The fraction of sp³-hybridized carbons (Fsp3) is 0.455. The van der Waals surface area contributed by atoms with Gasteiger partial charge in [0.2, 0.25) is 0 Å². The third-order valence-electron chi connectivity index (χ3n) is 1.97. The predicted molar refractivity (Wildman–Crippen MR) is 55.9 cm³/mol. The molecular formula is C11H14F3NO. The SMILES string of the molecule is CCOCC(C)Nc1c(F)cc(F)cc1F. The van der Waals surface area contributed by atoms with Crippen LogP contribution in [0.1, 0.15) is 13.8 Å². The van der Waals surface area contributed by atoms with Crippen LogP contribution in [0.4, 0.5) is 18.9 Å². The number of anilines is 1. The zero-order valence-corrected chi connectivity index (χ0v) is 9.19. The maximum atomic E-state index is 13.2. The molecule has 0 aliphatic heterocycles. The maximum absolute atomic E-state index is 13.2. The van der Waals surface area contributed by atoms with E-state index < -0.39 is 17.5 Å². The molecule has 5 heteroatoms. The lowest BCUT2D eigenvalue weighted by Crippen LogP contribution is -2.23.